The van der Waals surface area contributed by atoms with E-state index in [1.165, 1.54) is 6.07 Å². The summed E-state index contributed by atoms with van der Waals surface area (Å²) in [6.07, 6.45) is 1.92. The quantitative estimate of drug-likeness (QED) is 0.790. The first-order chi connectivity index (χ1) is 8.82. The zero-order chi connectivity index (χ0) is 14.2. The summed E-state index contributed by atoms with van der Waals surface area (Å²) in [5, 5.41) is 11.7. The standard InChI is InChI=1S/C13H15BrN2O3/c1-13(15,7-2-3-7)12(19)16-8-4-5-10(14)9(6-8)11(17)18/h4-7H,2-3,15H2,1H3,(H,16,19)(H,17,18). The third kappa shape index (κ3) is 2.96. The second kappa shape index (κ2) is 4.94. The van der Waals surface area contributed by atoms with Crippen molar-refractivity contribution in [3.63, 3.8) is 0 Å². The number of nitrogens with one attached hydrogen (secondary N) is 1. The summed E-state index contributed by atoms with van der Waals surface area (Å²) in [5.41, 5.74) is 5.63. The van der Waals surface area contributed by atoms with E-state index in [0.717, 1.165) is 12.8 Å². The SMILES string of the molecule is CC(N)(C(=O)Nc1ccc(Br)c(C(=O)O)c1)C1CC1. The number of halogens is 1. The average molecular weight is 327 g/mol. The van der Waals surface area contributed by atoms with Gasteiger partial charge < -0.3 is 16.2 Å². The average Bonchev–Trinajstić information content (AvgIpc) is 3.15. The van der Waals surface area contributed by atoms with Crippen LogP contribution in [0.15, 0.2) is 22.7 Å². The molecule has 2 rings (SSSR count). The van der Waals surface area contributed by atoms with Crippen LogP contribution in [-0.4, -0.2) is 22.5 Å². The number of rotatable bonds is 4. The van der Waals surface area contributed by atoms with Crippen LogP contribution in [0.3, 0.4) is 0 Å². The van der Waals surface area contributed by atoms with E-state index in [1.54, 1.807) is 19.1 Å². The van der Waals surface area contributed by atoms with Crippen LogP contribution in [0.25, 0.3) is 0 Å². The minimum atomic E-state index is -1.05. The van der Waals surface area contributed by atoms with Crippen LogP contribution in [0.1, 0.15) is 30.1 Å². The molecule has 4 N–H and O–H groups in total. The Morgan fingerprint density at radius 3 is 2.63 bits per heavy atom. The maximum absolute atomic E-state index is 12.1. The third-order valence-corrected chi connectivity index (χ3v) is 4.06. The number of carbonyl (C=O) groups is 2. The molecule has 19 heavy (non-hydrogen) atoms. The molecule has 0 radical (unpaired) electrons. The van der Waals surface area contributed by atoms with Gasteiger partial charge in [0, 0.05) is 10.2 Å². The zero-order valence-corrected chi connectivity index (χ0v) is 12.0. The summed E-state index contributed by atoms with van der Waals surface area (Å²) in [7, 11) is 0. The fourth-order valence-corrected chi connectivity index (χ4v) is 2.32. The Morgan fingerprint density at radius 1 is 1.47 bits per heavy atom. The largest absolute Gasteiger partial charge is 0.478 e. The van der Waals surface area contributed by atoms with Crippen LogP contribution in [0.2, 0.25) is 0 Å². The summed E-state index contributed by atoms with van der Waals surface area (Å²) in [6.45, 7) is 1.71. The van der Waals surface area contributed by atoms with Crippen LogP contribution < -0.4 is 11.1 Å². The van der Waals surface area contributed by atoms with Gasteiger partial charge in [0.05, 0.1) is 11.1 Å². The number of benzene rings is 1. The zero-order valence-electron chi connectivity index (χ0n) is 10.4. The normalized spacial score (nSPS) is 17.6. The lowest BCUT2D eigenvalue weighted by Crippen LogP contribution is -2.50. The maximum atomic E-state index is 12.1. The van der Waals surface area contributed by atoms with E-state index in [2.05, 4.69) is 21.2 Å². The lowest BCUT2D eigenvalue weighted by molar-refractivity contribution is -0.121. The van der Waals surface area contributed by atoms with Gasteiger partial charge in [0.25, 0.3) is 0 Å². The van der Waals surface area contributed by atoms with Crippen LogP contribution >= 0.6 is 15.9 Å². The number of carbonyl (C=O) groups excluding carboxylic acids is 1. The molecule has 1 aliphatic carbocycles. The Hall–Kier alpha value is -1.40. The predicted octanol–water partition coefficient (Wildman–Crippen LogP) is 2.21. The highest BCUT2D eigenvalue weighted by Gasteiger charge is 2.44. The van der Waals surface area contributed by atoms with E-state index in [4.69, 9.17) is 10.8 Å². The monoisotopic (exact) mass is 326 g/mol. The van der Waals surface area contributed by atoms with E-state index >= 15 is 0 Å². The molecule has 1 fully saturated rings. The van der Waals surface area contributed by atoms with Crippen molar-refractivity contribution in [2.75, 3.05) is 5.32 Å². The molecular formula is C13H15BrN2O3. The van der Waals surface area contributed by atoms with Gasteiger partial charge in [-0.25, -0.2) is 4.79 Å². The van der Waals surface area contributed by atoms with Gasteiger partial charge in [-0.3, -0.25) is 4.79 Å². The second-order valence-electron chi connectivity index (χ2n) is 5.01. The van der Waals surface area contributed by atoms with E-state index in [1.807, 2.05) is 0 Å². The van der Waals surface area contributed by atoms with Crippen molar-refractivity contribution in [2.24, 2.45) is 11.7 Å². The Bertz CT molecular complexity index is 539. The molecular weight excluding hydrogens is 312 g/mol. The molecule has 5 nitrogen and oxygen atoms in total. The smallest absolute Gasteiger partial charge is 0.336 e. The van der Waals surface area contributed by atoms with Gasteiger partial charge in [0.2, 0.25) is 5.91 Å². The molecule has 1 saturated carbocycles. The van der Waals surface area contributed by atoms with Crippen LogP contribution in [0, 0.1) is 5.92 Å². The van der Waals surface area contributed by atoms with E-state index in [-0.39, 0.29) is 17.4 Å². The molecule has 0 aromatic heterocycles. The number of hydrogen-bond donors (Lipinski definition) is 3. The molecule has 1 aromatic carbocycles. The summed E-state index contributed by atoms with van der Waals surface area (Å²) in [6, 6.07) is 4.63. The highest BCUT2D eigenvalue weighted by Crippen LogP contribution is 2.38. The first kappa shape index (κ1) is 14.0. The summed E-state index contributed by atoms with van der Waals surface area (Å²) in [4.78, 5) is 23.1. The molecule has 0 bridgehead atoms. The summed E-state index contributed by atoms with van der Waals surface area (Å²) in [5.74, 6) is -1.13. The summed E-state index contributed by atoms with van der Waals surface area (Å²) >= 11 is 3.15. The van der Waals surface area contributed by atoms with Gasteiger partial charge in [0.15, 0.2) is 0 Å². The Labute approximate surface area is 119 Å². The minimum absolute atomic E-state index is 0.1000. The van der Waals surface area contributed by atoms with Gasteiger partial charge in [-0.05, 0) is 59.8 Å². The number of amides is 1. The number of carboxylic acid groups (broad SMARTS) is 1. The molecule has 0 saturated heterocycles. The number of aromatic carboxylic acids is 1. The molecule has 0 aliphatic heterocycles. The van der Waals surface area contributed by atoms with Gasteiger partial charge in [-0.1, -0.05) is 0 Å². The summed E-state index contributed by atoms with van der Waals surface area (Å²) < 4.78 is 0.468. The third-order valence-electron chi connectivity index (χ3n) is 3.37. The molecule has 0 heterocycles. The molecule has 1 aromatic rings. The first-order valence-corrected chi connectivity index (χ1v) is 6.75. The van der Waals surface area contributed by atoms with Crippen molar-refractivity contribution < 1.29 is 14.7 Å². The second-order valence-corrected chi connectivity index (χ2v) is 5.87. The van der Waals surface area contributed by atoms with Gasteiger partial charge >= 0.3 is 5.97 Å². The Morgan fingerprint density at radius 2 is 2.11 bits per heavy atom. The van der Waals surface area contributed by atoms with Crippen LogP contribution in [0.5, 0.6) is 0 Å². The molecule has 1 atom stereocenters. The molecule has 1 aliphatic rings. The maximum Gasteiger partial charge on any atom is 0.336 e. The molecule has 0 spiro atoms. The van der Waals surface area contributed by atoms with Crippen LogP contribution in [0.4, 0.5) is 5.69 Å². The molecule has 102 valence electrons. The van der Waals surface area contributed by atoms with Crippen molar-refractivity contribution in [1.29, 1.82) is 0 Å². The highest BCUT2D eigenvalue weighted by molar-refractivity contribution is 9.10. The molecule has 6 heteroatoms. The number of anilines is 1. The lowest BCUT2D eigenvalue weighted by atomic mass is 9.96. The van der Waals surface area contributed by atoms with Gasteiger partial charge in [0.1, 0.15) is 0 Å². The molecule has 1 amide bonds. The number of carboxylic acids is 1. The van der Waals surface area contributed by atoms with Crippen molar-refractivity contribution in [2.45, 2.75) is 25.3 Å². The lowest BCUT2D eigenvalue weighted by Gasteiger charge is -2.23. The first-order valence-electron chi connectivity index (χ1n) is 5.95. The van der Waals surface area contributed by atoms with E-state index < -0.39 is 11.5 Å². The Kier molecular flexibility index (Phi) is 3.64. The van der Waals surface area contributed by atoms with Crippen molar-refractivity contribution >= 4 is 33.5 Å². The van der Waals surface area contributed by atoms with E-state index in [9.17, 15) is 9.59 Å². The van der Waals surface area contributed by atoms with E-state index in [0.29, 0.717) is 10.2 Å². The Balaban J connectivity index is 2.17. The van der Waals surface area contributed by atoms with Crippen LogP contribution in [-0.2, 0) is 4.79 Å². The minimum Gasteiger partial charge on any atom is -0.478 e. The fraction of sp³-hybridized carbons (Fsp3) is 0.385. The van der Waals surface area contributed by atoms with Crippen molar-refractivity contribution in [1.82, 2.24) is 0 Å². The number of hydrogen-bond acceptors (Lipinski definition) is 3. The fourth-order valence-electron chi connectivity index (χ4n) is 1.90. The van der Waals surface area contributed by atoms with Gasteiger partial charge in [-0.2, -0.15) is 0 Å². The van der Waals surface area contributed by atoms with Crippen molar-refractivity contribution in [3.8, 4) is 0 Å². The van der Waals surface area contributed by atoms with Crippen molar-refractivity contribution in [3.05, 3.63) is 28.2 Å². The highest BCUT2D eigenvalue weighted by atomic mass is 79.9. The number of nitrogens with two attached hydrogens (primary N) is 1. The predicted molar refractivity (Wildman–Crippen MR) is 75.0 cm³/mol. The van der Waals surface area contributed by atoms with Gasteiger partial charge in [-0.15, -0.1) is 0 Å². The molecule has 1 unspecified atom stereocenters. The topological polar surface area (TPSA) is 92.4 Å².